The molecule has 1 atom stereocenters. The second-order valence-corrected chi connectivity index (χ2v) is 7.80. The van der Waals surface area contributed by atoms with Crippen LogP contribution in [0.5, 0.6) is 0 Å². The molecule has 0 aliphatic rings. The molecule has 1 unspecified atom stereocenters. The lowest BCUT2D eigenvalue weighted by atomic mass is 9.86. The summed E-state index contributed by atoms with van der Waals surface area (Å²) in [6, 6.07) is 0. The summed E-state index contributed by atoms with van der Waals surface area (Å²) in [6.07, 6.45) is 1.34. The Morgan fingerprint density at radius 2 is 2.05 bits per heavy atom. The van der Waals surface area contributed by atoms with E-state index < -0.39 is 26.5 Å². The molecule has 0 saturated carbocycles. The minimum atomic E-state index is -3.28. The molecular formula is C11H18N2O5S. The van der Waals surface area contributed by atoms with E-state index in [1.165, 1.54) is 6.92 Å². The normalized spacial score (nSPS) is 14.3. The van der Waals surface area contributed by atoms with Crippen molar-refractivity contribution in [1.82, 2.24) is 10.1 Å². The van der Waals surface area contributed by atoms with E-state index in [-0.39, 0.29) is 24.6 Å². The second-order valence-electron chi connectivity index (χ2n) is 5.43. The highest BCUT2D eigenvalue weighted by atomic mass is 32.2. The second kappa shape index (κ2) is 5.28. The Kier molecular flexibility index (Phi) is 4.34. The maximum absolute atomic E-state index is 11.4. The standard InChI is InChI=1S/C11H18N2O5S/c1-7(19(4,16)17)10-12-8(18-13-10)5-11(2,3)6-9(14)15/h7H,5-6H2,1-4H3,(H,14,15). The van der Waals surface area contributed by atoms with Crippen molar-refractivity contribution in [2.75, 3.05) is 6.26 Å². The van der Waals surface area contributed by atoms with Crippen molar-refractivity contribution < 1.29 is 22.8 Å². The highest BCUT2D eigenvalue weighted by molar-refractivity contribution is 7.90. The molecular weight excluding hydrogens is 272 g/mol. The van der Waals surface area contributed by atoms with E-state index in [0.717, 1.165) is 6.26 Å². The molecule has 7 nitrogen and oxygen atoms in total. The lowest BCUT2D eigenvalue weighted by Crippen LogP contribution is -2.20. The molecule has 0 saturated heterocycles. The van der Waals surface area contributed by atoms with Gasteiger partial charge in [0.05, 0.1) is 6.42 Å². The van der Waals surface area contributed by atoms with Gasteiger partial charge < -0.3 is 9.63 Å². The summed E-state index contributed by atoms with van der Waals surface area (Å²) in [7, 11) is -3.28. The zero-order valence-electron chi connectivity index (χ0n) is 11.4. The third-order valence-electron chi connectivity index (χ3n) is 2.75. The molecule has 0 aliphatic carbocycles. The summed E-state index contributed by atoms with van der Waals surface area (Å²) in [5.74, 6) is -0.561. The van der Waals surface area contributed by atoms with Crippen LogP contribution in [-0.4, -0.2) is 35.9 Å². The van der Waals surface area contributed by atoms with Gasteiger partial charge in [0.15, 0.2) is 15.7 Å². The Balaban J connectivity index is 2.84. The first kappa shape index (κ1) is 15.6. The van der Waals surface area contributed by atoms with Crippen molar-refractivity contribution >= 4 is 15.8 Å². The van der Waals surface area contributed by atoms with E-state index in [0.29, 0.717) is 0 Å². The average Bonchev–Trinajstić information content (AvgIpc) is 2.60. The molecule has 108 valence electrons. The lowest BCUT2D eigenvalue weighted by Gasteiger charge is -2.19. The molecule has 0 bridgehead atoms. The highest BCUT2D eigenvalue weighted by Gasteiger charge is 2.27. The maximum atomic E-state index is 11.4. The molecule has 0 aliphatic heterocycles. The molecule has 1 rings (SSSR count). The zero-order chi connectivity index (χ0) is 14.8. The molecule has 1 N–H and O–H groups in total. The van der Waals surface area contributed by atoms with Crippen molar-refractivity contribution in [2.45, 2.75) is 38.9 Å². The first-order valence-corrected chi connectivity index (χ1v) is 7.70. The van der Waals surface area contributed by atoms with Gasteiger partial charge in [-0.25, -0.2) is 8.42 Å². The zero-order valence-corrected chi connectivity index (χ0v) is 12.2. The molecule has 19 heavy (non-hydrogen) atoms. The topological polar surface area (TPSA) is 110 Å². The number of carbonyl (C=O) groups is 1. The van der Waals surface area contributed by atoms with Crippen LogP contribution in [0, 0.1) is 5.41 Å². The number of rotatable bonds is 6. The number of hydrogen-bond donors (Lipinski definition) is 1. The first-order chi connectivity index (χ1) is 8.51. The van der Waals surface area contributed by atoms with Crippen LogP contribution in [0.3, 0.4) is 0 Å². The molecule has 1 aromatic heterocycles. The largest absolute Gasteiger partial charge is 0.481 e. The number of carboxylic acid groups (broad SMARTS) is 1. The van der Waals surface area contributed by atoms with Crippen LogP contribution in [0.15, 0.2) is 4.52 Å². The molecule has 0 fully saturated rings. The predicted octanol–water partition coefficient (Wildman–Crippen LogP) is 1.22. The van der Waals surface area contributed by atoms with Crippen LogP contribution in [0.25, 0.3) is 0 Å². The number of hydrogen-bond acceptors (Lipinski definition) is 6. The van der Waals surface area contributed by atoms with Crippen molar-refractivity contribution in [3.8, 4) is 0 Å². The molecule has 0 spiro atoms. The summed E-state index contributed by atoms with van der Waals surface area (Å²) in [4.78, 5) is 14.7. The molecule has 8 heteroatoms. The Hall–Kier alpha value is -1.44. The highest BCUT2D eigenvalue weighted by Crippen LogP contribution is 2.26. The van der Waals surface area contributed by atoms with Crippen molar-refractivity contribution in [1.29, 1.82) is 0 Å². The molecule has 0 amide bonds. The molecule has 1 aromatic rings. The third-order valence-corrected chi connectivity index (χ3v) is 4.24. The van der Waals surface area contributed by atoms with E-state index >= 15 is 0 Å². The Labute approximate surface area is 111 Å². The van der Waals surface area contributed by atoms with Crippen molar-refractivity contribution in [3.05, 3.63) is 11.7 Å². The van der Waals surface area contributed by atoms with E-state index in [4.69, 9.17) is 9.63 Å². The smallest absolute Gasteiger partial charge is 0.303 e. The Bertz CT molecular complexity index is 561. The van der Waals surface area contributed by atoms with E-state index in [1.807, 2.05) is 0 Å². The van der Waals surface area contributed by atoms with Gasteiger partial charge in [-0.3, -0.25) is 4.79 Å². The van der Waals surface area contributed by atoms with Gasteiger partial charge in [-0.2, -0.15) is 4.98 Å². The number of aliphatic carboxylic acids is 1. The van der Waals surface area contributed by atoms with Crippen LogP contribution in [-0.2, 0) is 21.1 Å². The number of carboxylic acids is 1. The quantitative estimate of drug-likeness (QED) is 0.838. The van der Waals surface area contributed by atoms with Gasteiger partial charge >= 0.3 is 5.97 Å². The number of aromatic nitrogens is 2. The summed E-state index contributed by atoms with van der Waals surface area (Å²) >= 11 is 0. The fourth-order valence-electron chi connectivity index (χ4n) is 1.58. The summed E-state index contributed by atoms with van der Waals surface area (Å²) in [5.41, 5.74) is -0.538. The Morgan fingerprint density at radius 1 is 1.47 bits per heavy atom. The van der Waals surface area contributed by atoms with Crippen molar-refractivity contribution in [2.24, 2.45) is 5.41 Å². The van der Waals surface area contributed by atoms with Crippen molar-refractivity contribution in [3.63, 3.8) is 0 Å². The summed E-state index contributed by atoms with van der Waals surface area (Å²) in [5, 5.41) is 11.6. The minimum absolute atomic E-state index is 0.0354. The number of sulfone groups is 1. The van der Waals surface area contributed by atoms with E-state index in [2.05, 4.69) is 10.1 Å². The van der Waals surface area contributed by atoms with Crippen LogP contribution < -0.4 is 0 Å². The SMILES string of the molecule is CC(c1noc(CC(C)(C)CC(=O)O)n1)S(C)(=O)=O. The summed E-state index contributed by atoms with van der Waals surface area (Å²) in [6.45, 7) is 5.02. The van der Waals surface area contributed by atoms with Gasteiger partial charge in [0, 0.05) is 12.7 Å². The van der Waals surface area contributed by atoms with E-state index in [1.54, 1.807) is 13.8 Å². The van der Waals surface area contributed by atoms with Gasteiger partial charge in [-0.1, -0.05) is 19.0 Å². The molecule has 0 radical (unpaired) electrons. The average molecular weight is 290 g/mol. The van der Waals surface area contributed by atoms with Gasteiger partial charge in [0.2, 0.25) is 5.89 Å². The van der Waals surface area contributed by atoms with Crippen LogP contribution >= 0.6 is 0 Å². The minimum Gasteiger partial charge on any atom is -0.481 e. The van der Waals surface area contributed by atoms with Crippen LogP contribution in [0.4, 0.5) is 0 Å². The summed E-state index contributed by atoms with van der Waals surface area (Å²) < 4.78 is 27.7. The number of nitrogens with zero attached hydrogens (tertiary/aromatic N) is 2. The molecule has 1 heterocycles. The predicted molar refractivity (Wildman–Crippen MR) is 67.3 cm³/mol. The third kappa shape index (κ3) is 4.62. The maximum Gasteiger partial charge on any atom is 0.303 e. The van der Waals surface area contributed by atoms with Gasteiger partial charge in [-0.05, 0) is 12.3 Å². The van der Waals surface area contributed by atoms with E-state index in [9.17, 15) is 13.2 Å². The van der Waals surface area contributed by atoms with Crippen LogP contribution in [0.1, 0.15) is 44.2 Å². The van der Waals surface area contributed by atoms with Gasteiger partial charge in [0.1, 0.15) is 5.25 Å². The first-order valence-electron chi connectivity index (χ1n) is 5.74. The fourth-order valence-corrected chi connectivity index (χ4v) is 2.06. The van der Waals surface area contributed by atoms with Gasteiger partial charge in [0.25, 0.3) is 0 Å². The monoisotopic (exact) mass is 290 g/mol. The molecule has 0 aromatic carbocycles. The lowest BCUT2D eigenvalue weighted by molar-refractivity contribution is -0.139. The Morgan fingerprint density at radius 3 is 2.53 bits per heavy atom. The fraction of sp³-hybridized carbons (Fsp3) is 0.727. The van der Waals surface area contributed by atoms with Crippen LogP contribution in [0.2, 0.25) is 0 Å². The van der Waals surface area contributed by atoms with Gasteiger partial charge in [-0.15, -0.1) is 0 Å².